The topological polar surface area (TPSA) is 77.8 Å². The van der Waals surface area contributed by atoms with Crippen LogP contribution in [-0.2, 0) is 9.53 Å². The maximum Gasteiger partial charge on any atom is 0.573 e. The Bertz CT molecular complexity index is 1170. The van der Waals surface area contributed by atoms with Crippen molar-refractivity contribution in [1.82, 2.24) is 4.57 Å². The molecular weight excluding hydrogens is 439 g/mol. The third-order valence-electron chi connectivity index (χ3n) is 5.30. The zero-order valence-electron chi connectivity index (χ0n) is 18.4. The zero-order valence-corrected chi connectivity index (χ0v) is 18.4. The van der Waals surface area contributed by atoms with Crippen LogP contribution in [0.5, 0.6) is 11.5 Å². The third kappa shape index (κ3) is 5.30. The first-order valence-electron chi connectivity index (χ1n) is 10.4. The lowest BCUT2D eigenvalue weighted by Gasteiger charge is -2.13. The number of alkyl halides is 3. The molecule has 2 aromatic carbocycles. The van der Waals surface area contributed by atoms with Crippen LogP contribution >= 0.6 is 0 Å². The molecule has 3 rings (SSSR count). The molecule has 1 atom stereocenters. The van der Waals surface area contributed by atoms with Gasteiger partial charge in [-0.25, -0.2) is 0 Å². The molecule has 0 aliphatic heterocycles. The smallest absolute Gasteiger partial charge is 0.508 e. The van der Waals surface area contributed by atoms with Crippen molar-refractivity contribution < 1.29 is 37.3 Å². The number of aromatic nitrogens is 1. The van der Waals surface area contributed by atoms with Crippen molar-refractivity contribution in [3.8, 4) is 11.5 Å². The van der Waals surface area contributed by atoms with Gasteiger partial charge in [-0.2, -0.15) is 0 Å². The molecule has 9 heteroatoms. The number of carbonyl (C=O) groups excluding carboxylic acids is 2. The first kappa shape index (κ1) is 24.2. The van der Waals surface area contributed by atoms with E-state index in [1.807, 2.05) is 6.92 Å². The van der Waals surface area contributed by atoms with Gasteiger partial charge >= 0.3 is 12.3 Å². The number of phenols is 1. The van der Waals surface area contributed by atoms with Gasteiger partial charge < -0.3 is 14.6 Å². The van der Waals surface area contributed by atoms with Crippen LogP contribution < -0.4 is 4.74 Å². The highest BCUT2D eigenvalue weighted by Crippen LogP contribution is 2.35. The number of halogens is 3. The summed E-state index contributed by atoms with van der Waals surface area (Å²) in [6.45, 7) is 5.60. The second kappa shape index (κ2) is 9.56. The van der Waals surface area contributed by atoms with E-state index >= 15 is 0 Å². The molecule has 0 radical (unpaired) electrons. The second-order valence-corrected chi connectivity index (χ2v) is 7.66. The lowest BCUT2D eigenvalue weighted by atomic mass is 9.98. The number of benzene rings is 2. The SMILES string of the molecule is CCCCOC(=O)[C@H](C)c1c(C)n(C(=O)c2ccc(OC(F)(F)F)cc2)c2ccc(O)cc12. The second-order valence-electron chi connectivity index (χ2n) is 7.66. The fraction of sp³-hybridized carbons (Fsp3) is 0.333. The predicted octanol–water partition coefficient (Wildman–Crippen LogP) is 5.69. The van der Waals surface area contributed by atoms with Gasteiger partial charge in [0.25, 0.3) is 5.91 Å². The molecule has 0 aliphatic rings. The number of rotatable bonds is 7. The van der Waals surface area contributed by atoms with E-state index in [0.29, 0.717) is 22.2 Å². The molecule has 1 aromatic heterocycles. The van der Waals surface area contributed by atoms with E-state index in [1.54, 1.807) is 19.9 Å². The Morgan fingerprint density at radius 3 is 2.39 bits per heavy atom. The Hall–Kier alpha value is -3.49. The summed E-state index contributed by atoms with van der Waals surface area (Å²) in [5.41, 5.74) is 1.58. The van der Waals surface area contributed by atoms with Gasteiger partial charge in [-0.05, 0) is 68.3 Å². The molecule has 0 fully saturated rings. The number of esters is 1. The highest BCUT2D eigenvalue weighted by molar-refractivity contribution is 6.05. The number of nitrogens with zero attached hydrogens (tertiary/aromatic N) is 1. The number of hydrogen-bond acceptors (Lipinski definition) is 5. The van der Waals surface area contributed by atoms with Crippen molar-refractivity contribution in [1.29, 1.82) is 0 Å². The summed E-state index contributed by atoms with van der Waals surface area (Å²) < 4.78 is 47.8. The molecule has 0 saturated heterocycles. The minimum absolute atomic E-state index is 0.0337. The third-order valence-corrected chi connectivity index (χ3v) is 5.30. The average Bonchev–Trinajstić information content (AvgIpc) is 3.03. The van der Waals surface area contributed by atoms with E-state index in [2.05, 4.69) is 4.74 Å². The summed E-state index contributed by atoms with van der Waals surface area (Å²) in [6.07, 6.45) is -3.24. The molecule has 0 spiro atoms. The van der Waals surface area contributed by atoms with E-state index < -0.39 is 29.9 Å². The van der Waals surface area contributed by atoms with Gasteiger partial charge in [-0.15, -0.1) is 13.2 Å². The molecule has 0 unspecified atom stereocenters. The van der Waals surface area contributed by atoms with Gasteiger partial charge in [0, 0.05) is 16.6 Å². The highest BCUT2D eigenvalue weighted by Gasteiger charge is 2.31. The standard InChI is InChI=1S/C24H24F3NO5/c1-4-5-12-32-23(31)14(2)21-15(3)28(20-11-8-17(29)13-19(20)21)22(30)16-6-9-18(10-7-16)33-24(25,26)27/h6-11,13-14,29H,4-5,12H2,1-3H3/t14-/m1/s1. The van der Waals surface area contributed by atoms with Gasteiger partial charge in [0.15, 0.2) is 0 Å². The van der Waals surface area contributed by atoms with Gasteiger partial charge in [0.1, 0.15) is 11.5 Å². The number of unbranched alkanes of at least 4 members (excludes halogenated alkanes) is 1. The maximum absolute atomic E-state index is 13.3. The molecule has 0 bridgehead atoms. The van der Waals surface area contributed by atoms with Crippen molar-refractivity contribution >= 4 is 22.8 Å². The zero-order chi connectivity index (χ0) is 24.3. The van der Waals surface area contributed by atoms with Crippen molar-refractivity contribution in [2.24, 2.45) is 0 Å². The molecule has 6 nitrogen and oxygen atoms in total. The molecule has 0 aliphatic carbocycles. The van der Waals surface area contributed by atoms with E-state index in [1.165, 1.54) is 28.8 Å². The summed E-state index contributed by atoms with van der Waals surface area (Å²) in [5, 5.41) is 10.5. The molecule has 176 valence electrons. The number of aromatic hydroxyl groups is 1. The van der Waals surface area contributed by atoms with Gasteiger partial charge in [0.05, 0.1) is 18.0 Å². The van der Waals surface area contributed by atoms with Crippen molar-refractivity contribution in [2.45, 2.75) is 45.9 Å². The molecule has 0 saturated carbocycles. The molecule has 3 aromatic rings. The van der Waals surface area contributed by atoms with E-state index in [9.17, 15) is 27.9 Å². The summed E-state index contributed by atoms with van der Waals surface area (Å²) in [7, 11) is 0. The lowest BCUT2D eigenvalue weighted by Crippen LogP contribution is -2.18. The summed E-state index contributed by atoms with van der Waals surface area (Å²) in [4.78, 5) is 25.9. The normalized spacial score (nSPS) is 12.5. The van der Waals surface area contributed by atoms with Crippen LogP contribution in [0, 0.1) is 6.92 Å². The van der Waals surface area contributed by atoms with Crippen LogP contribution in [-0.4, -0.2) is 34.5 Å². The van der Waals surface area contributed by atoms with Gasteiger partial charge in [-0.1, -0.05) is 13.3 Å². The molecule has 1 N–H and O–H groups in total. The fourth-order valence-corrected chi connectivity index (χ4v) is 3.73. The number of fused-ring (bicyclic) bond motifs is 1. The van der Waals surface area contributed by atoms with Crippen LogP contribution in [0.4, 0.5) is 13.2 Å². The van der Waals surface area contributed by atoms with Crippen LogP contribution in [0.2, 0.25) is 0 Å². The largest absolute Gasteiger partial charge is 0.573 e. The van der Waals surface area contributed by atoms with Gasteiger partial charge in [-0.3, -0.25) is 14.2 Å². The summed E-state index contributed by atoms with van der Waals surface area (Å²) in [5.74, 6) is -2.13. The Kier molecular flexibility index (Phi) is 7.00. The van der Waals surface area contributed by atoms with Gasteiger partial charge in [0.2, 0.25) is 0 Å². The Morgan fingerprint density at radius 2 is 1.79 bits per heavy atom. The summed E-state index contributed by atoms with van der Waals surface area (Å²) in [6, 6.07) is 9.02. The Morgan fingerprint density at radius 1 is 1.12 bits per heavy atom. The van der Waals surface area contributed by atoms with Crippen LogP contribution in [0.25, 0.3) is 10.9 Å². The molecule has 1 heterocycles. The minimum Gasteiger partial charge on any atom is -0.508 e. The maximum atomic E-state index is 13.3. The van der Waals surface area contributed by atoms with Crippen molar-refractivity contribution in [3.05, 3.63) is 59.3 Å². The minimum atomic E-state index is -4.84. The monoisotopic (exact) mass is 463 g/mol. The number of hydrogen-bond donors (Lipinski definition) is 1. The predicted molar refractivity (Wildman–Crippen MR) is 115 cm³/mol. The first-order chi connectivity index (χ1) is 15.5. The molecular formula is C24H24F3NO5. The molecule has 33 heavy (non-hydrogen) atoms. The molecule has 0 amide bonds. The Balaban J connectivity index is 2.02. The van der Waals surface area contributed by atoms with Crippen molar-refractivity contribution in [2.75, 3.05) is 6.61 Å². The lowest BCUT2D eigenvalue weighted by molar-refractivity contribution is -0.274. The highest BCUT2D eigenvalue weighted by atomic mass is 19.4. The average molecular weight is 463 g/mol. The fourth-order valence-electron chi connectivity index (χ4n) is 3.73. The quantitative estimate of drug-likeness (QED) is 0.360. The van der Waals surface area contributed by atoms with Crippen LogP contribution in [0.15, 0.2) is 42.5 Å². The summed E-state index contributed by atoms with van der Waals surface area (Å²) >= 11 is 0. The van der Waals surface area contributed by atoms with E-state index in [0.717, 1.165) is 25.0 Å². The van der Waals surface area contributed by atoms with E-state index in [4.69, 9.17) is 4.74 Å². The number of carbonyl (C=O) groups is 2. The number of phenolic OH excluding ortho intramolecular Hbond substituents is 1. The number of ether oxygens (including phenoxy) is 2. The Labute approximate surface area is 188 Å². The first-order valence-corrected chi connectivity index (χ1v) is 10.4. The van der Waals surface area contributed by atoms with Crippen molar-refractivity contribution in [3.63, 3.8) is 0 Å². The van der Waals surface area contributed by atoms with Crippen LogP contribution in [0.3, 0.4) is 0 Å². The van der Waals surface area contributed by atoms with Crippen LogP contribution in [0.1, 0.15) is 54.2 Å². The van der Waals surface area contributed by atoms with E-state index in [-0.39, 0.29) is 17.9 Å².